The zero-order valence-electron chi connectivity index (χ0n) is 13.9. The summed E-state index contributed by atoms with van der Waals surface area (Å²) in [6.45, 7) is 0.936. The normalized spacial score (nSPS) is 20.8. The molecule has 0 N–H and O–H groups in total. The van der Waals surface area contributed by atoms with Crippen LogP contribution in [0.1, 0.15) is 29.9 Å². The number of benzene rings is 2. The minimum atomic E-state index is 0.692. The van der Waals surface area contributed by atoms with Gasteiger partial charge >= 0.3 is 0 Å². The first-order valence-electron chi connectivity index (χ1n) is 8.41. The van der Waals surface area contributed by atoms with Gasteiger partial charge in [-0.25, -0.2) is 0 Å². The molecule has 0 bridgehead atoms. The predicted octanol–water partition coefficient (Wildman–Crippen LogP) is 4.30. The van der Waals surface area contributed by atoms with Crippen LogP contribution in [-0.2, 0) is 6.54 Å². The van der Waals surface area contributed by atoms with Crippen LogP contribution in [0.5, 0.6) is 0 Å². The van der Waals surface area contributed by atoms with Crippen molar-refractivity contribution in [3.63, 3.8) is 0 Å². The second kappa shape index (κ2) is 5.86. The minimum Gasteiger partial charge on any atom is -0.343 e. The molecule has 1 saturated carbocycles. The first-order chi connectivity index (χ1) is 11.2. The van der Waals surface area contributed by atoms with E-state index in [1.807, 2.05) is 6.07 Å². The zero-order valence-corrected chi connectivity index (χ0v) is 13.9. The highest BCUT2D eigenvalue weighted by Crippen LogP contribution is 2.42. The van der Waals surface area contributed by atoms with Gasteiger partial charge in [-0.1, -0.05) is 36.4 Å². The average molecular weight is 303 g/mol. The molecule has 1 aliphatic carbocycles. The molecule has 2 aromatic carbocycles. The van der Waals surface area contributed by atoms with Crippen LogP contribution in [-0.4, -0.2) is 29.6 Å². The highest BCUT2D eigenvalue weighted by Gasteiger charge is 2.33. The Balaban J connectivity index is 1.67. The average Bonchev–Trinajstić information content (AvgIpc) is 2.86. The molecule has 2 nitrogen and oxygen atoms in total. The molecule has 1 heterocycles. The lowest BCUT2D eigenvalue weighted by Gasteiger charge is -2.39. The molecule has 0 aliphatic heterocycles. The lowest BCUT2D eigenvalue weighted by Crippen LogP contribution is -2.39. The molecule has 4 rings (SSSR count). The van der Waals surface area contributed by atoms with E-state index in [0.717, 1.165) is 12.6 Å². The molecule has 117 valence electrons. The first-order valence-corrected chi connectivity index (χ1v) is 8.41. The highest BCUT2D eigenvalue weighted by atomic mass is 15.1. The molecular formula is C21H23N2. The molecular weight excluding hydrogens is 280 g/mol. The second-order valence-corrected chi connectivity index (χ2v) is 6.93. The molecule has 1 radical (unpaired) electrons. The fourth-order valence-electron chi connectivity index (χ4n) is 3.71. The lowest BCUT2D eigenvalue weighted by atomic mass is 9.75. The van der Waals surface area contributed by atoms with Gasteiger partial charge in [0, 0.05) is 29.7 Å². The largest absolute Gasteiger partial charge is 0.343 e. The standard InChI is InChI=1S/C21H23N2/c1-22(2)18-12-17(13-18)20-15-23(14-16-8-4-3-5-9-16)21-11-7-6-10-19(20)21/h3-5,7-11,15,17-18H,12-14H2,1-2H3/t17-,18-. The summed E-state index contributed by atoms with van der Waals surface area (Å²) in [5, 5.41) is 1.38. The summed E-state index contributed by atoms with van der Waals surface area (Å²) < 4.78 is 2.40. The van der Waals surface area contributed by atoms with E-state index in [0.29, 0.717) is 5.92 Å². The molecule has 3 aromatic rings. The van der Waals surface area contributed by atoms with Gasteiger partial charge in [0.1, 0.15) is 0 Å². The quantitative estimate of drug-likeness (QED) is 0.698. The predicted molar refractivity (Wildman–Crippen MR) is 95.8 cm³/mol. The molecule has 1 aromatic heterocycles. The molecule has 0 unspecified atom stereocenters. The van der Waals surface area contributed by atoms with E-state index >= 15 is 0 Å². The van der Waals surface area contributed by atoms with Gasteiger partial charge in [-0.2, -0.15) is 0 Å². The van der Waals surface area contributed by atoms with Crippen LogP contribution in [0.4, 0.5) is 0 Å². The molecule has 0 saturated heterocycles. The SMILES string of the molecule is CN(C)[C@H]1C[C@H](c2cn(Cc3ccccc3)c3cc[c]cc32)C1. The van der Waals surface area contributed by atoms with Gasteiger partial charge in [-0.3, -0.25) is 0 Å². The Labute approximate surface area is 138 Å². The molecule has 0 amide bonds. The topological polar surface area (TPSA) is 8.17 Å². The van der Waals surface area contributed by atoms with E-state index in [1.54, 1.807) is 0 Å². The Morgan fingerprint density at radius 3 is 2.65 bits per heavy atom. The van der Waals surface area contributed by atoms with Crippen LogP contribution >= 0.6 is 0 Å². The van der Waals surface area contributed by atoms with E-state index in [-0.39, 0.29) is 0 Å². The van der Waals surface area contributed by atoms with Gasteiger partial charge < -0.3 is 9.47 Å². The van der Waals surface area contributed by atoms with Gasteiger partial charge in [0.2, 0.25) is 0 Å². The van der Waals surface area contributed by atoms with Gasteiger partial charge in [-0.15, -0.1) is 0 Å². The van der Waals surface area contributed by atoms with Crippen LogP contribution in [0.25, 0.3) is 10.9 Å². The lowest BCUT2D eigenvalue weighted by molar-refractivity contribution is 0.167. The Bertz CT molecular complexity index is 795. The third-order valence-electron chi connectivity index (χ3n) is 5.24. The van der Waals surface area contributed by atoms with Gasteiger partial charge in [0.05, 0.1) is 0 Å². The monoisotopic (exact) mass is 303 g/mol. The number of hydrogen-bond donors (Lipinski definition) is 0. The van der Waals surface area contributed by atoms with Crippen LogP contribution in [0, 0.1) is 6.07 Å². The van der Waals surface area contributed by atoms with Crippen molar-refractivity contribution in [3.8, 4) is 0 Å². The highest BCUT2D eigenvalue weighted by molar-refractivity contribution is 5.84. The summed E-state index contributed by atoms with van der Waals surface area (Å²) >= 11 is 0. The van der Waals surface area contributed by atoms with Crippen LogP contribution in [0.2, 0.25) is 0 Å². The second-order valence-electron chi connectivity index (χ2n) is 6.93. The third kappa shape index (κ3) is 2.68. The van der Waals surface area contributed by atoms with E-state index in [1.165, 1.54) is 34.9 Å². The maximum Gasteiger partial charge on any atom is 0.0486 e. The number of fused-ring (bicyclic) bond motifs is 1. The molecule has 23 heavy (non-hydrogen) atoms. The van der Waals surface area contributed by atoms with Crippen molar-refractivity contribution in [3.05, 3.63) is 71.9 Å². The number of rotatable bonds is 4. The van der Waals surface area contributed by atoms with Crippen molar-refractivity contribution in [2.24, 2.45) is 0 Å². The molecule has 0 spiro atoms. The summed E-state index contributed by atoms with van der Waals surface area (Å²) in [6.07, 6.45) is 4.92. The zero-order chi connectivity index (χ0) is 15.8. The Morgan fingerprint density at radius 2 is 1.91 bits per heavy atom. The summed E-state index contributed by atoms with van der Waals surface area (Å²) in [7, 11) is 4.38. The van der Waals surface area contributed by atoms with Crippen molar-refractivity contribution >= 4 is 10.9 Å². The van der Waals surface area contributed by atoms with Crippen LogP contribution in [0.3, 0.4) is 0 Å². The first kappa shape index (κ1) is 14.5. The van der Waals surface area contributed by atoms with Crippen molar-refractivity contribution in [2.75, 3.05) is 14.1 Å². The van der Waals surface area contributed by atoms with Crippen LogP contribution < -0.4 is 0 Å². The van der Waals surface area contributed by atoms with Crippen molar-refractivity contribution in [1.29, 1.82) is 0 Å². The van der Waals surface area contributed by atoms with Crippen molar-refractivity contribution in [2.45, 2.75) is 31.3 Å². The summed E-state index contributed by atoms with van der Waals surface area (Å²) in [6, 6.07) is 21.1. The van der Waals surface area contributed by atoms with Crippen LogP contribution in [0.15, 0.2) is 54.7 Å². The fourth-order valence-corrected chi connectivity index (χ4v) is 3.71. The summed E-state index contributed by atoms with van der Waals surface area (Å²) in [5.74, 6) is 0.692. The molecule has 1 fully saturated rings. The smallest absolute Gasteiger partial charge is 0.0486 e. The van der Waals surface area contributed by atoms with E-state index in [2.05, 4.69) is 78.3 Å². The van der Waals surface area contributed by atoms with Crippen molar-refractivity contribution in [1.82, 2.24) is 9.47 Å². The van der Waals surface area contributed by atoms with E-state index in [4.69, 9.17) is 0 Å². The number of nitrogens with zero attached hydrogens (tertiary/aromatic N) is 2. The maximum absolute atomic E-state index is 3.27. The number of hydrogen-bond acceptors (Lipinski definition) is 1. The van der Waals surface area contributed by atoms with Gasteiger partial charge in [0.25, 0.3) is 0 Å². The van der Waals surface area contributed by atoms with Gasteiger partial charge in [-0.05, 0) is 62.2 Å². The molecule has 2 heteroatoms. The summed E-state index contributed by atoms with van der Waals surface area (Å²) in [4.78, 5) is 2.35. The number of aromatic nitrogens is 1. The maximum atomic E-state index is 3.27. The van der Waals surface area contributed by atoms with Gasteiger partial charge in [0.15, 0.2) is 0 Å². The fraction of sp³-hybridized carbons (Fsp3) is 0.333. The Morgan fingerprint density at radius 1 is 1.13 bits per heavy atom. The van der Waals surface area contributed by atoms with Crippen molar-refractivity contribution < 1.29 is 0 Å². The summed E-state index contributed by atoms with van der Waals surface area (Å²) in [5.41, 5.74) is 4.19. The van der Waals surface area contributed by atoms with E-state index in [9.17, 15) is 0 Å². The Kier molecular flexibility index (Phi) is 3.70. The molecule has 1 aliphatic rings. The minimum absolute atomic E-state index is 0.692. The Hall–Kier alpha value is -2.06. The third-order valence-corrected chi connectivity index (χ3v) is 5.24. The molecule has 0 atom stereocenters. The van der Waals surface area contributed by atoms with E-state index < -0.39 is 0 Å².